The number of aromatic nitrogens is 2. The van der Waals surface area contributed by atoms with Gasteiger partial charge in [0.15, 0.2) is 0 Å². The predicted octanol–water partition coefficient (Wildman–Crippen LogP) is 2.42. The molecule has 0 aliphatic carbocycles. The first kappa shape index (κ1) is 11.3. The molecule has 0 aromatic carbocycles. The second kappa shape index (κ2) is 4.45. The number of nitrogens with zero attached hydrogens (tertiary/aromatic N) is 3. The minimum atomic E-state index is 0.656. The minimum absolute atomic E-state index is 0.656. The molecule has 17 heavy (non-hydrogen) atoms. The van der Waals surface area contributed by atoms with E-state index in [0.717, 1.165) is 12.5 Å². The molecule has 2 atom stereocenters. The average Bonchev–Trinajstić information content (AvgIpc) is 2.89. The van der Waals surface area contributed by atoms with Crippen LogP contribution in [0.2, 0.25) is 0 Å². The van der Waals surface area contributed by atoms with Crippen LogP contribution < -0.4 is 0 Å². The highest BCUT2D eigenvalue weighted by Crippen LogP contribution is 2.28. The molecule has 3 nitrogen and oxygen atoms in total. The fraction of sp³-hybridized carbons (Fsp3) is 0.786. The second-order valence-corrected chi connectivity index (χ2v) is 5.76. The number of aryl methyl sites for hydroxylation is 1. The van der Waals surface area contributed by atoms with Crippen molar-refractivity contribution in [3.05, 3.63) is 17.7 Å². The third kappa shape index (κ3) is 2.01. The number of likely N-dealkylation sites (tertiary alicyclic amines) is 1. The summed E-state index contributed by atoms with van der Waals surface area (Å²) in [6.45, 7) is 3.60. The van der Waals surface area contributed by atoms with Gasteiger partial charge < -0.3 is 9.47 Å². The number of fused-ring (bicyclic) bond motifs is 1. The van der Waals surface area contributed by atoms with Crippen LogP contribution in [-0.2, 0) is 12.8 Å². The summed E-state index contributed by atoms with van der Waals surface area (Å²) in [5, 5.41) is 0. The van der Waals surface area contributed by atoms with Gasteiger partial charge in [-0.05, 0) is 52.6 Å². The molecule has 94 valence electrons. The van der Waals surface area contributed by atoms with Crippen LogP contribution in [0.4, 0.5) is 0 Å². The van der Waals surface area contributed by atoms with Gasteiger partial charge in [0.1, 0.15) is 5.82 Å². The first-order valence-electron chi connectivity index (χ1n) is 7.01. The Kier molecular flexibility index (Phi) is 2.95. The zero-order valence-corrected chi connectivity index (χ0v) is 11.0. The molecule has 1 aromatic heterocycles. The fourth-order valence-corrected chi connectivity index (χ4v) is 3.47. The molecule has 0 amide bonds. The monoisotopic (exact) mass is 233 g/mol. The van der Waals surface area contributed by atoms with Gasteiger partial charge in [0, 0.05) is 30.4 Å². The predicted molar refractivity (Wildman–Crippen MR) is 69.2 cm³/mol. The highest BCUT2D eigenvalue weighted by Gasteiger charge is 2.25. The molecule has 3 rings (SSSR count). The van der Waals surface area contributed by atoms with Gasteiger partial charge in [-0.15, -0.1) is 0 Å². The number of rotatable bonds is 2. The van der Waals surface area contributed by atoms with Crippen LogP contribution in [0.3, 0.4) is 0 Å². The van der Waals surface area contributed by atoms with Crippen molar-refractivity contribution in [1.29, 1.82) is 0 Å². The summed E-state index contributed by atoms with van der Waals surface area (Å²) in [6, 6.07) is 1.37. The number of hydrogen-bond donors (Lipinski definition) is 0. The Bertz CT molecular complexity index is 396. The molecule has 0 radical (unpaired) electrons. The Morgan fingerprint density at radius 1 is 1.35 bits per heavy atom. The molecule has 2 aliphatic heterocycles. The van der Waals surface area contributed by atoms with E-state index in [1.54, 1.807) is 0 Å². The lowest BCUT2D eigenvalue weighted by molar-refractivity contribution is 0.298. The molecule has 3 heterocycles. The van der Waals surface area contributed by atoms with Crippen molar-refractivity contribution in [1.82, 2.24) is 14.5 Å². The van der Waals surface area contributed by atoms with Crippen LogP contribution >= 0.6 is 0 Å². The first-order chi connectivity index (χ1) is 8.25. The van der Waals surface area contributed by atoms with E-state index < -0.39 is 0 Å². The van der Waals surface area contributed by atoms with Crippen molar-refractivity contribution < 1.29 is 0 Å². The second-order valence-electron chi connectivity index (χ2n) is 5.76. The molecular formula is C14H23N3. The van der Waals surface area contributed by atoms with E-state index >= 15 is 0 Å². The third-order valence-corrected chi connectivity index (χ3v) is 4.54. The standard InChI is InChI=1S/C14H23N3/c1-11-5-3-6-13-10-15-14(17(11)13)9-12-7-4-8-16(12)2/h10-12H,3-9H2,1-2H3. The Labute approximate surface area is 104 Å². The fourth-order valence-electron chi connectivity index (χ4n) is 3.47. The molecule has 1 fully saturated rings. The highest BCUT2D eigenvalue weighted by molar-refractivity contribution is 5.11. The topological polar surface area (TPSA) is 21.1 Å². The maximum atomic E-state index is 4.68. The van der Waals surface area contributed by atoms with Crippen LogP contribution in [0.5, 0.6) is 0 Å². The van der Waals surface area contributed by atoms with Crippen molar-refractivity contribution >= 4 is 0 Å². The number of likely N-dealkylation sites (N-methyl/N-ethyl adjacent to an activating group) is 1. The lowest BCUT2D eigenvalue weighted by Gasteiger charge is -2.26. The number of hydrogen-bond acceptors (Lipinski definition) is 2. The Balaban J connectivity index is 1.81. The van der Waals surface area contributed by atoms with E-state index in [9.17, 15) is 0 Å². The van der Waals surface area contributed by atoms with Crippen molar-refractivity contribution in [2.45, 2.75) is 57.5 Å². The van der Waals surface area contributed by atoms with Crippen LogP contribution in [0.1, 0.15) is 50.2 Å². The molecule has 0 spiro atoms. The van der Waals surface area contributed by atoms with Gasteiger partial charge in [-0.3, -0.25) is 0 Å². The van der Waals surface area contributed by atoms with Crippen LogP contribution in [0.15, 0.2) is 6.20 Å². The Morgan fingerprint density at radius 2 is 2.24 bits per heavy atom. The Hall–Kier alpha value is -0.830. The van der Waals surface area contributed by atoms with Gasteiger partial charge in [-0.1, -0.05) is 0 Å². The maximum Gasteiger partial charge on any atom is 0.110 e. The lowest BCUT2D eigenvalue weighted by Crippen LogP contribution is -2.29. The molecule has 0 saturated carbocycles. The van der Waals surface area contributed by atoms with Gasteiger partial charge in [0.25, 0.3) is 0 Å². The summed E-state index contributed by atoms with van der Waals surface area (Å²) in [4.78, 5) is 7.18. The van der Waals surface area contributed by atoms with Crippen molar-refractivity contribution in [3.8, 4) is 0 Å². The number of imidazole rings is 1. The summed E-state index contributed by atoms with van der Waals surface area (Å²) in [5.74, 6) is 1.32. The van der Waals surface area contributed by atoms with E-state index in [4.69, 9.17) is 0 Å². The van der Waals surface area contributed by atoms with E-state index in [0.29, 0.717) is 6.04 Å². The maximum absolute atomic E-state index is 4.68. The highest BCUT2D eigenvalue weighted by atomic mass is 15.2. The average molecular weight is 233 g/mol. The van der Waals surface area contributed by atoms with Crippen LogP contribution in [-0.4, -0.2) is 34.1 Å². The molecule has 1 saturated heterocycles. The van der Waals surface area contributed by atoms with Gasteiger partial charge >= 0.3 is 0 Å². The summed E-state index contributed by atoms with van der Waals surface area (Å²) in [7, 11) is 2.25. The SMILES string of the molecule is CC1CCCc2cnc(CC3CCCN3C)n21. The lowest BCUT2D eigenvalue weighted by atomic mass is 10.0. The molecular weight excluding hydrogens is 210 g/mol. The van der Waals surface area contributed by atoms with Crippen LogP contribution in [0, 0.1) is 0 Å². The quantitative estimate of drug-likeness (QED) is 0.782. The largest absolute Gasteiger partial charge is 0.329 e. The van der Waals surface area contributed by atoms with Crippen molar-refractivity contribution in [2.24, 2.45) is 0 Å². The summed E-state index contributed by atoms with van der Waals surface area (Å²) < 4.78 is 2.51. The zero-order chi connectivity index (χ0) is 11.8. The van der Waals surface area contributed by atoms with Gasteiger partial charge in [0.2, 0.25) is 0 Å². The summed E-state index contributed by atoms with van der Waals surface area (Å²) >= 11 is 0. The van der Waals surface area contributed by atoms with Crippen molar-refractivity contribution in [3.63, 3.8) is 0 Å². The van der Waals surface area contributed by atoms with E-state index in [1.165, 1.54) is 50.2 Å². The molecule has 2 aliphatic rings. The first-order valence-corrected chi connectivity index (χ1v) is 7.01. The van der Waals surface area contributed by atoms with E-state index in [-0.39, 0.29) is 0 Å². The minimum Gasteiger partial charge on any atom is -0.329 e. The molecule has 3 heteroatoms. The Morgan fingerprint density at radius 3 is 3.00 bits per heavy atom. The van der Waals surface area contributed by atoms with E-state index in [2.05, 4.69) is 34.6 Å². The molecule has 1 aromatic rings. The summed E-state index contributed by atoms with van der Waals surface area (Å²) in [6.07, 6.45) is 9.81. The normalized spacial score (nSPS) is 29.5. The van der Waals surface area contributed by atoms with Gasteiger partial charge in [0.05, 0.1) is 0 Å². The van der Waals surface area contributed by atoms with Crippen molar-refractivity contribution in [2.75, 3.05) is 13.6 Å². The smallest absolute Gasteiger partial charge is 0.110 e. The summed E-state index contributed by atoms with van der Waals surface area (Å²) in [5.41, 5.74) is 1.46. The van der Waals surface area contributed by atoms with E-state index in [1.807, 2.05) is 0 Å². The third-order valence-electron chi connectivity index (χ3n) is 4.54. The van der Waals surface area contributed by atoms with Gasteiger partial charge in [-0.25, -0.2) is 4.98 Å². The molecule has 2 unspecified atom stereocenters. The zero-order valence-electron chi connectivity index (χ0n) is 11.0. The van der Waals surface area contributed by atoms with Crippen LogP contribution in [0.25, 0.3) is 0 Å². The van der Waals surface area contributed by atoms with Gasteiger partial charge in [-0.2, -0.15) is 0 Å². The molecule has 0 bridgehead atoms. The molecule has 0 N–H and O–H groups in total.